The zero-order chi connectivity index (χ0) is 13.8. The topological polar surface area (TPSA) is 46.5 Å². The molecule has 18 heavy (non-hydrogen) atoms. The Hall–Kier alpha value is -1.51. The van der Waals surface area contributed by atoms with Crippen molar-refractivity contribution in [2.75, 3.05) is 7.11 Å². The van der Waals surface area contributed by atoms with Crippen LogP contribution < -0.4 is 0 Å². The number of hydrogen-bond acceptors (Lipinski definition) is 3. The summed E-state index contributed by atoms with van der Waals surface area (Å²) in [6, 6.07) is 7.14. The summed E-state index contributed by atoms with van der Waals surface area (Å²) in [6.45, 7) is 6.03. The van der Waals surface area contributed by atoms with Crippen LogP contribution in [0.5, 0.6) is 5.75 Å². The molecule has 0 radical (unpaired) electrons. The molecule has 2 unspecified atom stereocenters. The molecule has 0 aliphatic carbocycles. The number of carbonyl (C=O) groups is 1. The van der Waals surface area contributed by atoms with Gasteiger partial charge in [0.2, 0.25) is 0 Å². The van der Waals surface area contributed by atoms with Crippen LogP contribution in [-0.4, -0.2) is 18.2 Å². The van der Waals surface area contributed by atoms with Crippen molar-refractivity contribution in [1.29, 1.82) is 0 Å². The number of hydrogen-bond donors (Lipinski definition) is 1. The van der Waals surface area contributed by atoms with E-state index in [0.717, 1.165) is 18.4 Å². The molecule has 3 heteroatoms. The lowest BCUT2D eigenvalue weighted by Gasteiger charge is -2.28. The number of aromatic hydroxyl groups is 1. The summed E-state index contributed by atoms with van der Waals surface area (Å²) < 4.78 is 4.88. The van der Waals surface area contributed by atoms with Crippen LogP contribution in [0.2, 0.25) is 0 Å². The second-order valence-corrected chi connectivity index (χ2v) is 5.10. The highest BCUT2D eigenvalue weighted by Crippen LogP contribution is 2.35. The molecule has 1 aromatic rings. The van der Waals surface area contributed by atoms with Crippen LogP contribution in [-0.2, 0) is 9.53 Å². The van der Waals surface area contributed by atoms with Crippen LogP contribution in [0.4, 0.5) is 0 Å². The number of phenolic OH excluding ortho intramolecular Hbond substituents is 1. The summed E-state index contributed by atoms with van der Waals surface area (Å²) in [4.78, 5) is 11.8. The third kappa shape index (κ3) is 3.25. The molecule has 1 aromatic carbocycles. The minimum absolute atomic E-state index is 0.157. The maximum atomic E-state index is 11.8. The zero-order valence-corrected chi connectivity index (χ0v) is 11.6. The molecule has 0 saturated heterocycles. The summed E-state index contributed by atoms with van der Waals surface area (Å²) in [5, 5.41) is 9.27. The minimum atomic E-state index is -0.452. The first kappa shape index (κ1) is 14.6. The van der Waals surface area contributed by atoms with E-state index in [1.807, 2.05) is 26.0 Å². The van der Waals surface area contributed by atoms with Gasteiger partial charge in [0.15, 0.2) is 0 Å². The second kappa shape index (κ2) is 5.89. The van der Waals surface area contributed by atoms with Crippen molar-refractivity contribution < 1.29 is 14.6 Å². The maximum absolute atomic E-state index is 11.8. The normalized spacial score (nSPS) is 15.8. The Labute approximate surface area is 109 Å². The van der Waals surface area contributed by atoms with E-state index in [4.69, 9.17) is 4.74 Å². The van der Waals surface area contributed by atoms with Crippen molar-refractivity contribution in [3.63, 3.8) is 0 Å². The number of phenols is 1. The number of benzene rings is 1. The third-order valence-corrected chi connectivity index (χ3v) is 3.68. The van der Waals surface area contributed by atoms with Crippen LogP contribution >= 0.6 is 0 Å². The largest absolute Gasteiger partial charge is 0.508 e. The van der Waals surface area contributed by atoms with Gasteiger partial charge in [-0.1, -0.05) is 26.0 Å². The highest BCUT2D eigenvalue weighted by molar-refractivity contribution is 5.76. The average molecular weight is 250 g/mol. The van der Waals surface area contributed by atoms with Crippen molar-refractivity contribution in [3.8, 4) is 5.75 Å². The molecule has 0 fully saturated rings. The molecule has 100 valence electrons. The van der Waals surface area contributed by atoms with Gasteiger partial charge in [-0.3, -0.25) is 4.79 Å². The smallest absolute Gasteiger partial charge is 0.311 e. The minimum Gasteiger partial charge on any atom is -0.508 e. The Bertz CT molecular complexity index is 397. The number of carbonyl (C=O) groups excluding carboxylic acids is 1. The molecule has 1 rings (SSSR count). The van der Waals surface area contributed by atoms with E-state index in [-0.39, 0.29) is 17.6 Å². The third-order valence-electron chi connectivity index (χ3n) is 3.68. The molecule has 1 N–H and O–H groups in total. The first-order chi connectivity index (χ1) is 8.42. The van der Waals surface area contributed by atoms with Gasteiger partial charge in [0, 0.05) is 0 Å². The number of methoxy groups -OCH3 is 1. The van der Waals surface area contributed by atoms with Gasteiger partial charge in [0.1, 0.15) is 5.75 Å². The van der Waals surface area contributed by atoms with Gasteiger partial charge in [-0.25, -0.2) is 0 Å². The fourth-order valence-electron chi connectivity index (χ4n) is 2.21. The van der Waals surface area contributed by atoms with E-state index in [2.05, 4.69) is 6.92 Å². The van der Waals surface area contributed by atoms with Crippen molar-refractivity contribution in [3.05, 3.63) is 29.8 Å². The molecule has 0 heterocycles. The molecule has 0 amide bonds. The zero-order valence-electron chi connectivity index (χ0n) is 11.6. The Morgan fingerprint density at radius 2 is 1.94 bits per heavy atom. The van der Waals surface area contributed by atoms with E-state index in [0.29, 0.717) is 0 Å². The monoisotopic (exact) mass is 250 g/mol. The van der Waals surface area contributed by atoms with Gasteiger partial charge in [-0.05, 0) is 43.4 Å². The fourth-order valence-corrected chi connectivity index (χ4v) is 2.21. The summed E-state index contributed by atoms with van der Waals surface area (Å²) in [6.07, 6.45) is 1.49. The van der Waals surface area contributed by atoms with Crippen LogP contribution in [0.25, 0.3) is 0 Å². The van der Waals surface area contributed by atoms with Gasteiger partial charge >= 0.3 is 5.97 Å². The van der Waals surface area contributed by atoms with E-state index < -0.39 is 5.41 Å². The number of rotatable bonds is 5. The lowest BCUT2D eigenvalue weighted by atomic mass is 9.77. The highest BCUT2D eigenvalue weighted by atomic mass is 16.5. The predicted molar refractivity (Wildman–Crippen MR) is 71.6 cm³/mol. The van der Waals surface area contributed by atoms with E-state index in [9.17, 15) is 9.90 Å². The average Bonchev–Trinajstić information content (AvgIpc) is 2.38. The van der Waals surface area contributed by atoms with Crippen LogP contribution in [0, 0.1) is 5.41 Å². The quantitative estimate of drug-likeness (QED) is 0.814. The Balaban J connectivity index is 2.82. The van der Waals surface area contributed by atoms with Crippen LogP contribution in [0.1, 0.15) is 45.1 Å². The molecule has 0 bridgehead atoms. The molecule has 0 aliphatic rings. The second-order valence-electron chi connectivity index (χ2n) is 5.10. The Kier molecular flexibility index (Phi) is 4.76. The molecule has 0 saturated carbocycles. The lowest BCUT2D eigenvalue weighted by molar-refractivity contribution is -0.152. The highest BCUT2D eigenvalue weighted by Gasteiger charge is 2.34. The molecular formula is C15H22O3. The van der Waals surface area contributed by atoms with Gasteiger partial charge in [0.25, 0.3) is 0 Å². The van der Waals surface area contributed by atoms with Crippen molar-refractivity contribution >= 4 is 5.97 Å². The first-order valence-electron chi connectivity index (χ1n) is 6.30. The number of esters is 1. The summed E-state index contributed by atoms with van der Waals surface area (Å²) >= 11 is 0. The molecule has 3 nitrogen and oxygen atoms in total. The number of ether oxygens (including phenoxy) is 1. The fraction of sp³-hybridized carbons (Fsp3) is 0.533. The summed E-state index contributed by atoms with van der Waals surface area (Å²) in [7, 11) is 1.43. The van der Waals surface area contributed by atoms with Gasteiger partial charge in [0.05, 0.1) is 12.5 Å². The van der Waals surface area contributed by atoms with Gasteiger partial charge in [-0.15, -0.1) is 0 Å². The molecule has 2 atom stereocenters. The predicted octanol–water partition coefficient (Wildman–Crippen LogP) is 3.48. The summed E-state index contributed by atoms with van der Waals surface area (Å²) in [5.41, 5.74) is 0.669. The standard InChI is InChI=1S/C15H22O3/c1-5-15(3,14(17)18-4)10-11(2)12-6-8-13(16)9-7-12/h6-9,11,16H,5,10H2,1-4H3. The molecular weight excluding hydrogens is 228 g/mol. The van der Waals surface area contributed by atoms with Crippen molar-refractivity contribution in [2.45, 2.75) is 39.5 Å². The van der Waals surface area contributed by atoms with Gasteiger partial charge < -0.3 is 9.84 Å². The first-order valence-corrected chi connectivity index (χ1v) is 6.30. The lowest BCUT2D eigenvalue weighted by Crippen LogP contribution is -2.30. The SMILES string of the molecule is CCC(C)(CC(C)c1ccc(O)cc1)C(=O)OC. The van der Waals surface area contributed by atoms with E-state index in [1.165, 1.54) is 7.11 Å². The van der Waals surface area contributed by atoms with Gasteiger partial charge in [-0.2, -0.15) is 0 Å². The summed E-state index contributed by atoms with van der Waals surface area (Å²) in [5.74, 6) is 0.349. The Morgan fingerprint density at radius 1 is 1.39 bits per heavy atom. The van der Waals surface area contributed by atoms with E-state index in [1.54, 1.807) is 12.1 Å². The maximum Gasteiger partial charge on any atom is 0.311 e. The molecule has 0 spiro atoms. The van der Waals surface area contributed by atoms with E-state index >= 15 is 0 Å². The Morgan fingerprint density at radius 3 is 2.39 bits per heavy atom. The molecule has 0 aliphatic heterocycles. The van der Waals surface area contributed by atoms with Crippen molar-refractivity contribution in [1.82, 2.24) is 0 Å². The van der Waals surface area contributed by atoms with Crippen LogP contribution in [0.3, 0.4) is 0 Å². The molecule has 0 aromatic heterocycles. The van der Waals surface area contributed by atoms with Crippen molar-refractivity contribution in [2.24, 2.45) is 5.41 Å². The van der Waals surface area contributed by atoms with Crippen LogP contribution in [0.15, 0.2) is 24.3 Å².